The highest BCUT2D eigenvalue weighted by Crippen LogP contribution is 2.72. The van der Waals surface area contributed by atoms with Crippen LogP contribution in [0.4, 0.5) is 79.0 Å². The molecular weight excluding hydrogens is 498 g/mol. The minimum atomic E-state index is -8.37. The third kappa shape index (κ3) is 2.44. The molecule has 18 heteroatoms. The maximum atomic E-state index is 14.9. The van der Waals surface area contributed by atoms with Gasteiger partial charge in [-0.15, -0.1) is 0 Å². The van der Waals surface area contributed by atoms with E-state index in [4.69, 9.17) is 0 Å². The first-order chi connectivity index (χ1) is 13.4. The van der Waals surface area contributed by atoms with Crippen molar-refractivity contribution in [1.82, 2.24) is 0 Å². The minimum Gasteiger partial charge on any atom is -0.227 e. The predicted molar refractivity (Wildman–Crippen MR) is 58.8 cm³/mol. The molecule has 0 saturated heterocycles. The molecule has 1 unspecified atom stereocenters. The molecule has 1 aromatic carbocycles. The zero-order chi connectivity index (χ0) is 25.0. The van der Waals surface area contributed by atoms with Crippen LogP contribution >= 0.6 is 0 Å². The summed E-state index contributed by atoms with van der Waals surface area (Å²) in [6.45, 7) is 0. The Balaban J connectivity index is 3.38. The summed E-state index contributed by atoms with van der Waals surface area (Å²) in [5.74, 6) is -38.8. The third-order valence-electron chi connectivity index (χ3n) is 4.40. The molecule has 0 amide bonds. The fourth-order valence-corrected chi connectivity index (χ4v) is 2.92. The Bertz CT molecular complexity index is 906. The number of alkyl halides is 14. The van der Waals surface area contributed by atoms with E-state index in [1.165, 1.54) is 0 Å². The van der Waals surface area contributed by atoms with E-state index < -0.39 is 75.9 Å². The van der Waals surface area contributed by atoms with E-state index in [1.807, 2.05) is 0 Å². The van der Waals surface area contributed by atoms with Gasteiger partial charge in [0.1, 0.15) is 0 Å². The van der Waals surface area contributed by atoms with Crippen LogP contribution in [0.2, 0.25) is 0 Å². The molecule has 0 spiro atoms. The Kier molecular flexibility index (Phi) is 4.92. The van der Waals surface area contributed by atoms with E-state index in [2.05, 4.69) is 0 Å². The highest BCUT2D eigenvalue weighted by Gasteiger charge is 2.97. The van der Waals surface area contributed by atoms with E-state index in [9.17, 15) is 79.0 Å². The summed E-state index contributed by atoms with van der Waals surface area (Å²) in [6, 6.07) is 0. The fraction of sp³-hybridized carbons (Fsp3) is 0.538. The summed E-state index contributed by atoms with van der Waals surface area (Å²) in [5, 5.41) is 0. The first-order valence-electron chi connectivity index (χ1n) is 6.90. The first kappa shape index (κ1) is 25.2. The second kappa shape index (κ2) is 6.05. The quantitative estimate of drug-likeness (QED) is 0.232. The van der Waals surface area contributed by atoms with Crippen molar-refractivity contribution in [2.24, 2.45) is 0 Å². The predicted octanol–water partition coefficient (Wildman–Crippen LogP) is 6.62. The summed E-state index contributed by atoms with van der Waals surface area (Å²) in [5.41, 5.74) is -25.1. The molecule has 0 saturated carbocycles. The van der Waals surface area contributed by atoms with Crippen LogP contribution in [0, 0.1) is 23.3 Å². The van der Waals surface area contributed by atoms with Crippen LogP contribution < -0.4 is 0 Å². The van der Waals surface area contributed by atoms with Crippen molar-refractivity contribution in [2.45, 2.75) is 41.5 Å². The topological polar surface area (TPSA) is 0 Å². The molecule has 0 heterocycles. The molecule has 178 valence electrons. The second-order valence-electron chi connectivity index (χ2n) is 6.04. The van der Waals surface area contributed by atoms with Gasteiger partial charge in [-0.25, -0.2) is 26.3 Å². The van der Waals surface area contributed by atoms with Crippen molar-refractivity contribution in [3.8, 4) is 0 Å². The van der Waals surface area contributed by atoms with Crippen LogP contribution in [0.3, 0.4) is 0 Å². The standard InChI is InChI=1S/C13F18/c14-3-1-2(4(15)6(17)5(3)16)8(19,20)11(24,25)10(22,23)7(1,18)9(21,12(26,27)28)13(29,30)31. The van der Waals surface area contributed by atoms with E-state index >= 15 is 0 Å². The Morgan fingerprint density at radius 3 is 1.10 bits per heavy atom. The summed E-state index contributed by atoms with van der Waals surface area (Å²) in [7, 11) is 0. The van der Waals surface area contributed by atoms with Crippen LogP contribution in [0.15, 0.2) is 0 Å². The fourth-order valence-electron chi connectivity index (χ4n) is 2.92. The smallest absolute Gasteiger partial charge is 0.227 e. The molecule has 0 N–H and O–H groups in total. The Labute approximate surface area is 156 Å². The van der Waals surface area contributed by atoms with Gasteiger partial charge in [0.2, 0.25) is 0 Å². The zero-order valence-corrected chi connectivity index (χ0v) is 13.3. The van der Waals surface area contributed by atoms with Crippen molar-refractivity contribution in [3.63, 3.8) is 0 Å². The number of halogens is 18. The average molecular weight is 498 g/mol. The molecule has 1 atom stereocenters. The van der Waals surface area contributed by atoms with Gasteiger partial charge in [0, 0.05) is 0 Å². The summed E-state index contributed by atoms with van der Waals surface area (Å²) >= 11 is 0. The number of rotatable bonds is 1. The van der Waals surface area contributed by atoms with Gasteiger partial charge >= 0.3 is 35.8 Å². The molecule has 0 bridgehead atoms. The van der Waals surface area contributed by atoms with Gasteiger partial charge in [0.15, 0.2) is 23.3 Å². The van der Waals surface area contributed by atoms with Crippen LogP contribution in [-0.2, 0) is 11.6 Å². The van der Waals surface area contributed by atoms with Gasteiger partial charge in [-0.05, 0) is 0 Å². The second-order valence-corrected chi connectivity index (χ2v) is 6.04. The average Bonchev–Trinajstić information content (AvgIpc) is 2.57. The molecule has 0 fully saturated rings. The summed E-state index contributed by atoms with van der Waals surface area (Å²) in [4.78, 5) is 0. The lowest BCUT2D eigenvalue weighted by molar-refractivity contribution is -0.444. The highest BCUT2D eigenvalue weighted by atomic mass is 19.4. The molecule has 0 radical (unpaired) electrons. The van der Waals surface area contributed by atoms with Gasteiger partial charge < -0.3 is 0 Å². The Hall–Kier alpha value is -2.04. The molecule has 0 aliphatic heterocycles. The van der Waals surface area contributed by atoms with E-state index in [1.54, 1.807) is 0 Å². The van der Waals surface area contributed by atoms with E-state index in [-0.39, 0.29) is 0 Å². The van der Waals surface area contributed by atoms with Crippen LogP contribution in [0.1, 0.15) is 11.1 Å². The Morgan fingerprint density at radius 1 is 0.452 bits per heavy atom. The summed E-state index contributed by atoms with van der Waals surface area (Å²) < 4.78 is 243. The van der Waals surface area contributed by atoms with Gasteiger partial charge in [-0.2, -0.15) is 52.7 Å². The molecule has 0 nitrogen and oxygen atoms in total. The van der Waals surface area contributed by atoms with Crippen LogP contribution in [0.5, 0.6) is 0 Å². The molecule has 1 aromatic rings. The molecule has 2 rings (SSSR count). The molecule has 31 heavy (non-hydrogen) atoms. The van der Waals surface area contributed by atoms with Crippen molar-refractivity contribution in [1.29, 1.82) is 0 Å². The molecule has 1 aliphatic carbocycles. The number of hydrogen-bond donors (Lipinski definition) is 0. The van der Waals surface area contributed by atoms with Gasteiger partial charge in [-0.3, -0.25) is 0 Å². The number of fused-ring (bicyclic) bond motifs is 1. The van der Waals surface area contributed by atoms with Crippen LogP contribution in [-0.4, -0.2) is 29.9 Å². The normalized spacial score (nSPS) is 25.4. The van der Waals surface area contributed by atoms with Crippen molar-refractivity contribution >= 4 is 0 Å². The minimum absolute atomic E-state index is 3.64. The largest absolute Gasteiger partial charge is 0.435 e. The van der Waals surface area contributed by atoms with Crippen molar-refractivity contribution in [2.75, 3.05) is 0 Å². The third-order valence-corrected chi connectivity index (χ3v) is 4.40. The van der Waals surface area contributed by atoms with Gasteiger partial charge in [0.25, 0.3) is 5.67 Å². The maximum absolute atomic E-state index is 14.9. The van der Waals surface area contributed by atoms with Gasteiger partial charge in [0.05, 0.1) is 11.1 Å². The first-order valence-corrected chi connectivity index (χ1v) is 6.90. The lowest BCUT2D eigenvalue weighted by Crippen LogP contribution is -2.77. The molecule has 0 aromatic heterocycles. The zero-order valence-electron chi connectivity index (χ0n) is 13.3. The van der Waals surface area contributed by atoms with E-state index in [0.29, 0.717) is 0 Å². The number of hydrogen-bond acceptors (Lipinski definition) is 0. The molecule has 1 aliphatic rings. The maximum Gasteiger partial charge on any atom is 0.435 e. The van der Waals surface area contributed by atoms with E-state index in [0.717, 1.165) is 0 Å². The lowest BCUT2D eigenvalue weighted by atomic mass is 9.65. The molecular formula is C13F18. The highest BCUT2D eigenvalue weighted by molar-refractivity contribution is 5.50. The van der Waals surface area contributed by atoms with Crippen molar-refractivity contribution < 1.29 is 79.0 Å². The summed E-state index contributed by atoms with van der Waals surface area (Å²) in [6.07, 6.45) is -16.2. The SMILES string of the molecule is Fc1c(F)c(F)c2c(c1F)C(F)(F)C(F)(F)C(F)(F)C2(F)C(F)(C(F)(F)F)C(F)(F)F. The lowest BCUT2D eigenvalue weighted by Gasteiger charge is -2.51. The van der Waals surface area contributed by atoms with Gasteiger partial charge in [-0.1, -0.05) is 0 Å². The monoisotopic (exact) mass is 498 g/mol. The van der Waals surface area contributed by atoms with Crippen molar-refractivity contribution in [3.05, 3.63) is 34.4 Å². The van der Waals surface area contributed by atoms with Crippen LogP contribution in [0.25, 0.3) is 0 Å². The number of benzene rings is 1. The Morgan fingerprint density at radius 2 is 0.774 bits per heavy atom.